The van der Waals surface area contributed by atoms with Crippen molar-refractivity contribution < 1.29 is 4.79 Å². The lowest BCUT2D eigenvalue weighted by Gasteiger charge is -2.14. The number of aromatic nitrogens is 3. The van der Waals surface area contributed by atoms with Crippen LogP contribution in [0.4, 0.5) is 4.79 Å². The SMILES string of the molecule is Cc1nn(C)cc1C(C)NC(=O)NCCc1c[nH]c2c(C)cccc12. The van der Waals surface area contributed by atoms with Crippen molar-refractivity contribution in [2.45, 2.75) is 33.2 Å². The first-order valence-corrected chi connectivity index (χ1v) is 8.55. The second kappa shape index (κ2) is 7.01. The minimum Gasteiger partial charge on any atom is -0.361 e. The predicted octanol–water partition coefficient (Wildman–Crippen LogP) is 3.12. The predicted molar refractivity (Wildman–Crippen MR) is 99.6 cm³/mol. The van der Waals surface area contributed by atoms with Gasteiger partial charge in [0.1, 0.15) is 0 Å². The lowest BCUT2D eigenvalue weighted by molar-refractivity contribution is 0.238. The Kier molecular flexibility index (Phi) is 4.79. The number of aromatic amines is 1. The van der Waals surface area contributed by atoms with Gasteiger partial charge < -0.3 is 15.6 Å². The largest absolute Gasteiger partial charge is 0.361 e. The number of nitrogens with one attached hydrogen (secondary N) is 3. The summed E-state index contributed by atoms with van der Waals surface area (Å²) in [4.78, 5) is 15.5. The van der Waals surface area contributed by atoms with E-state index in [2.05, 4.69) is 45.8 Å². The second-order valence-electron chi connectivity index (χ2n) is 6.53. The van der Waals surface area contributed by atoms with E-state index >= 15 is 0 Å². The first-order chi connectivity index (χ1) is 12.0. The zero-order chi connectivity index (χ0) is 18.0. The molecule has 3 rings (SSSR count). The van der Waals surface area contributed by atoms with Crippen molar-refractivity contribution >= 4 is 16.9 Å². The fourth-order valence-corrected chi connectivity index (χ4v) is 3.25. The van der Waals surface area contributed by atoms with Crippen molar-refractivity contribution in [1.29, 1.82) is 0 Å². The molecule has 0 bridgehead atoms. The summed E-state index contributed by atoms with van der Waals surface area (Å²) in [5, 5.41) is 11.4. The van der Waals surface area contributed by atoms with Crippen LogP contribution in [0.2, 0.25) is 0 Å². The molecule has 0 saturated heterocycles. The number of para-hydroxylation sites is 1. The Balaban J connectivity index is 1.54. The molecule has 6 nitrogen and oxygen atoms in total. The van der Waals surface area contributed by atoms with Gasteiger partial charge in [0.2, 0.25) is 0 Å². The molecule has 1 atom stereocenters. The Morgan fingerprint density at radius 3 is 2.88 bits per heavy atom. The molecular formula is C19H25N5O. The molecule has 1 aromatic carbocycles. The van der Waals surface area contributed by atoms with E-state index in [-0.39, 0.29) is 12.1 Å². The third kappa shape index (κ3) is 3.68. The van der Waals surface area contributed by atoms with E-state index in [0.29, 0.717) is 6.54 Å². The van der Waals surface area contributed by atoms with Gasteiger partial charge in [-0.1, -0.05) is 18.2 Å². The summed E-state index contributed by atoms with van der Waals surface area (Å²) in [5.41, 5.74) is 5.59. The zero-order valence-electron chi connectivity index (χ0n) is 15.2. The van der Waals surface area contributed by atoms with Crippen molar-refractivity contribution in [3.05, 3.63) is 53.0 Å². The van der Waals surface area contributed by atoms with Crippen LogP contribution in [0.3, 0.4) is 0 Å². The Bertz CT molecular complexity index is 892. The smallest absolute Gasteiger partial charge is 0.315 e. The minimum atomic E-state index is -0.160. The van der Waals surface area contributed by atoms with E-state index in [1.807, 2.05) is 33.3 Å². The van der Waals surface area contributed by atoms with Crippen LogP contribution in [0.1, 0.15) is 35.3 Å². The van der Waals surface area contributed by atoms with Crippen molar-refractivity contribution in [2.75, 3.05) is 6.54 Å². The number of carbonyl (C=O) groups is 1. The van der Waals surface area contributed by atoms with Crippen LogP contribution >= 0.6 is 0 Å². The van der Waals surface area contributed by atoms with Crippen LogP contribution in [0, 0.1) is 13.8 Å². The number of urea groups is 1. The number of fused-ring (bicyclic) bond motifs is 1. The molecule has 2 amide bonds. The molecule has 132 valence electrons. The van der Waals surface area contributed by atoms with Gasteiger partial charge in [0.25, 0.3) is 0 Å². The van der Waals surface area contributed by atoms with E-state index in [1.54, 1.807) is 4.68 Å². The molecule has 3 aromatic rings. The molecule has 0 aliphatic rings. The van der Waals surface area contributed by atoms with Crippen LogP contribution in [-0.2, 0) is 13.5 Å². The Morgan fingerprint density at radius 1 is 1.36 bits per heavy atom. The maximum Gasteiger partial charge on any atom is 0.315 e. The maximum absolute atomic E-state index is 12.1. The zero-order valence-corrected chi connectivity index (χ0v) is 15.2. The van der Waals surface area contributed by atoms with Crippen LogP contribution in [0.15, 0.2) is 30.6 Å². The van der Waals surface area contributed by atoms with E-state index in [9.17, 15) is 4.79 Å². The summed E-state index contributed by atoms with van der Waals surface area (Å²) < 4.78 is 1.76. The third-order valence-electron chi connectivity index (χ3n) is 4.55. The Morgan fingerprint density at radius 2 is 2.16 bits per heavy atom. The Hall–Kier alpha value is -2.76. The molecule has 0 radical (unpaired) electrons. The van der Waals surface area contributed by atoms with Crippen LogP contribution < -0.4 is 10.6 Å². The minimum absolute atomic E-state index is 0.0792. The second-order valence-corrected chi connectivity index (χ2v) is 6.53. The number of hydrogen-bond donors (Lipinski definition) is 3. The monoisotopic (exact) mass is 339 g/mol. The lowest BCUT2D eigenvalue weighted by atomic mass is 10.1. The number of carbonyl (C=O) groups excluding carboxylic acids is 1. The highest BCUT2D eigenvalue weighted by Gasteiger charge is 2.14. The summed E-state index contributed by atoms with van der Waals surface area (Å²) in [5.74, 6) is 0. The fraction of sp³-hybridized carbons (Fsp3) is 0.368. The quantitative estimate of drug-likeness (QED) is 0.668. The average Bonchev–Trinajstić information content (AvgIpc) is 3.11. The van der Waals surface area contributed by atoms with Crippen molar-refractivity contribution in [2.24, 2.45) is 7.05 Å². The van der Waals surface area contributed by atoms with Crippen molar-refractivity contribution in [3.8, 4) is 0 Å². The summed E-state index contributed by atoms with van der Waals surface area (Å²) >= 11 is 0. The van der Waals surface area contributed by atoms with Crippen LogP contribution in [0.25, 0.3) is 10.9 Å². The number of benzene rings is 1. The summed E-state index contributed by atoms with van der Waals surface area (Å²) in [6.45, 7) is 6.60. The van der Waals surface area contributed by atoms with E-state index in [1.165, 1.54) is 22.0 Å². The van der Waals surface area contributed by atoms with Gasteiger partial charge in [-0.25, -0.2) is 4.79 Å². The topological polar surface area (TPSA) is 74.7 Å². The number of hydrogen-bond acceptors (Lipinski definition) is 2. The summed E-state index contributed by atoms with van der Waals surface area (Å²) in [7, 11) is 1.88. The molecule has 2 heterocycles. The third-order valence-corrected chi connectivity index (χ3v) is 4.55. The molecule has 0 fully saturated rings. The number of amides is 2. The molecule has 25 heavy (non-hydrogen) atoms. The van der Waals surface area contributed by atoms with E-state index in [4.69, 9.17) is 0 Å². The van der Waals surface area contributed by atoms with E-state index < -0.39 is 0 Å². The molecule has 3 N–H and O–H groups in total. The van der Waals surface area contributed by atoms with Gasteiger partial charge in [-0.3, -0.25) is 4.68 Å². The molecule has 0 spiro atoms. The standard InChI is InChI=1S/C19H25N5O/c1-12-6-5-7-16-15(10-21-18(12)16)8-9-20-19(25)22-13(2)17-11-24(4)23-14(17)3/h5-7,10-11,13,21H,8-9H2,1-4H3,(H2,20,22,25). The Labute approximate surface area is 147 Å². The molecule has 6 heteroatoms. The molecule has 0 aliphatic heterocycles. The van der Waals surface area contributed by atoms with Gasteiger partial charge in [-0.2, -0.15) is 5.10 Å². The highest BCUT2D eigenvalue weighted by Crippen LogP contribution is 2.21. The van der Waals surface area contributed by atoms with Crippen LogP contribution in [0.5, 0.6) is 0 Å². The van der Waals surface area contributed by atoms with Crippen molar-refractivity contribution in [3.63, 3.8) is 0 Å². The van der Waals surface area contributed by atoms with E-state index in [0.717, 1.165) is 17.7 Å². The number of aryl methyl sites for hydroxylation is 3. The van der Waals surface area contributed by atoms with Crippen LogP contribution in [-0.4, -0.2) is 27.3 Å². The number of rotatable bonds is 5. The van der Waals surface area contributed by atoms with Gasteiger partial charge in [0, 0.05) is 42.5 Å². The molecule has 0 saturated carbocycles. The van der Waals surface area contributed by atoms with Gasteiger partial charge in [-0.05, 0) is 38.3 Å². The normalized spacial score (nSPS) is 12.3. The first-order valence-electron chi connectivity index (χ1n) is 8.55. The lowest BCUT2D eigenvalue weighted by Crippen LogP contribution is -2.38. The molecule has 0 aliphatic carbocycles. The van der Waals surface area contributed by atoms with Gasteiger partial charge in [0.15, 0.2) is 0 Å². The molecule has 2 aromatic heterocycles. The highest BCUT2D eigenvalue weighted by molar-refractivity contribution is 5.86. The van der Waals surface area contributed by atoms with Gasteiger partial charge in [-0.15, -0.1) is 0 Å². The number of H-pyrrole nitrogens is 1. The molecular weight excluding hydrogens is 314 g/mol. The number of nitrogens with zero attached hydrogens (tertiary/aromatic N) is 2. The first kappa shape index (κ1) is 17.1. The maximum atomic E-state index is 12.1. The van der Waals surface area contributed by atoms with Crippen molar-refractivity contribution in [1.82, 2.24) is 25.4 Å². The molecule has 1 unspecified atom stereocenters. The highest BCUT2D eigenvalue weighted by atomic mass is 16.2. The summed E-state index contributed by atoms with van der Waals surface area (Å²) in [6, 6.07) is 6.03. The summed E-state index contributed by atoms with van der Waals surface area (Å²) in [6.07, 6.45) is 4.75. The van der Waals surface area contributed by atoms with Gasteiger partial charge in [0.05, 0.1) is 11.7 Å². The van der Waals surface area contributed by atoms with Gasteiger partial charge >= 0.3 is 6.03 Å². The fourth-order valence-electron chi connectivity index (χ4n) is 3.25. The average molecular weight is 339 g/mol.